The molecule has 2 saturated carbocycles. The zero-order valence-electron chi connectivity index (χ0n) is 40.4. The van der Waals surface area contributed by atoms with Crippen molar-refractivity contribution in [1.82, 2.24) is 0 Å². The maximum atomic E-state index is 2.52. The van der Waals surface area contributed by atoms with Crippen LogP contribution >= 0.6 is 0 Å². The SMILES string of the molecule is Cc1ccc2c(c1)C1(c3ccccc3-c3ccc(N(c4ccc(-c5ccc(C6CC7CCC6C7)cc5)cc4)c4ccc(-c5ccccc5-c5ccccc5-c5ccccc5)cc4)cc31)c1cc(C)ccc1-2. The van der Waals surface area contributed by atoms with Crippen molar-refractivity contribution in [3.05, 3.63) is 269 Å². The van der Waals surface area contributed by atoms with E-state index in [0.717, 1.165) is 34.8 Å². The Morgan fingerprint density at radius 1 is 0.338 bits per heavy atom. The molecule has 3 atom stereocenters. The maximum absolute atomic E-state index is 2.52. The van der Waals surface area contributed by atoms with Crippen molar-refractivity contribution in [2.24, 2.45) is 11.8 Å². The third-order valence-corrected chi connectivity index (χ3v) is 16.9. The van der Waals surface area contributed by atoms with E-state index in [1.54, 1.807) is 0 Å². The van der Waals surface area contributed by atoms with Crippen LogP contribution in [-0.4, -0.2) is 0 Å². The fourth-order valence-electron chi connectivity index (χ4n) is 13.7. The molecule has 4 aliphatic carbocycles. The Hall–Kier alpha value is -8.00. The Kier molecular flexibility index (Phi) is 9.78. The van der Waals surface area contributed by atoms with Crippen molar-refractivity contribution in [3.8, 4) is 66.8 Å². The topological polar surface area (TPSA) is 3.24 Å². The van der Waals surface area contributed by atoms with Crippen molar-refractivity contribution in [3.63, 3.8) is 0 Å². The van der Waals surface area contributed by atoms with Crippen molar-refractivity contribution >= 4 is 17.1 Å². The van der Waals surface area contributed by atoms with Gasteiger partial charge >= 0.3 is 0 Å². The van der Waals surface area contributed by atoms with Crippen LogP contribution < -0.4 is 4.90 Å². The molecule has 1 spiro atoms. The zero-order chi connectivity index (χ0) is 47.2. The van der Waals surface area contributed by atoms with Gasteiger partial charge in [0.25, 0.3) is 0 Å². The lowest BCUT2D eigenvalue weighted by Crippen LogP contribution is -2.26. The Morgan fingerprint density at radius 2 is 0.789 bits per heavy atom. The van der Waals surface area contributed by atoms with Crippen LogP contribution in [0, 0.1) is 25.7 Å². The molecule has 2 bridgehead atoms. The lowest BCUT2D eigenvalue weighted by molar-refractivity contribution is 0.420. The summed E-state index contributed by atoms with van der Waals surface area (Å²) in [6, 6.07) is 87.2. The highest BCUT2D eigenvalue weighted by molar-refractivity contribution is 5.97. The minimum Gasteiger partial charge on any atom is -0.310 e. The smallest absolute Gasteiger partial charge is 0.0726 e. The molecule has 1 heteroatoms. The molecule has 0 aromatic heterocycles. The second-order valence-corrected chi connectivity index (χ2v) is 20.9. The first-order chi connectivity index (χ1) is 35.0. The number of aryl methyl sites for hydroxylation is 2. The van der Waals surface area contributed by atoms with Gasteiger partial charge in [0.05, 0.1) is 5.41 Å². The van der Waals surface area contributed by atoms with Crippen molar-refractivity contribution in [2.75, 3.05) is 4.90 Å². The van der Waals surface area contributed by atoms with Gasteiger partial charge in [-0.1, -0.05) is 212 Å². The highest BCUT2D eigenvalue weighted by Crippen LogP contribution is 2.64. The van der Waals surface area contributed by atoms with Gasteiger partial charge in [-0.05, 0) is 182 Å². The van der Waals surface area contributed by atoms with E-state index in [4.69, 9.17) is 0 Å². The Bertz CT molecular complexity index is 3620. The quantitative estimate of drug-likeness (QED) is 0.147. The molecule has 14 rings (SSSR count). The number of anilines is 3. The minimum atomic E-state index is -0.450. The molecule has 0 N–H and O–H groups in total. The minimum absolute atomic E-state index is 0.450. The molecule has 2 fully saturated rings. The van der Waals surface area contributed by atoms with Crippen molar-refractivity contribution < 1.29 is 0 Å². The Balaban J connectivity index is 0.905. The molecule has 0 aliphatic heterocycles. The Morgan fingerprint density at radius 3 is 1.35 bits per heavy atom. The van der Waals surface area contributed by atoms with Gasteiger partial charge in [0.2, 0.25) is 0 Å². The van der Waals surface area contributed by atoms with Crippen LogP contribution in [0.3, 0.4) is 0 Å². The van der Waals surface area contributed by atoms with Crippen LogP contribution in [0.5, 0.6) is 0 Å². The molecule has 4 aliphatic rings. The summed E-state index contributed by atoms with van der Waals surface area (Å²) in [6.07, 6.45) is 5.65. The van der Waals surface area contributed by atoms with Crippen molar-refractivity contribution in [1.29, 1.82) is 0 Å². The average molecular weight is 910 g/mol. The highest BCUT2D eigenvalue weighted by Gasteiger charge is 2.52. The van der Waals surface area contributed by atoms with Crippen molar-refractivity contribution in [2.45, 2.75) is 50.9 Å². The monoisotopic (exact) mass is 909 g/mol. The molecule has 0 saturated heterocycles. The summed E-state index contributed by atoms with van der Waals surface area (Å²) in [5.41, 5.74) is 27.6. The first-order valence-electron chi connectivity index (χ1n) is 25.8. The Labute approximate surface area is 418 Å². The van der Waals surface area contributed by atoms with E-state index in [0.29, 0.717) is 0 Å². The van der Waals surface area contributed by atoms with Gasteiger partial charge in [-0.25, -0.2) is 0 Å². The average Bonchev–Trinajstić information content (AvgIpc) is 4.21. The first-order valence-corrected chi connectivity index (χ1v) is 25.8. The number of nitrogens with zero attached hydrogens (tertiary/aromatic N) is 1. The van der Waals surface area contributed by atoms with Crippen LogP contribution in [-0.2, 0) is 5.41 Å². The van der Waals surface area contributed by atoms with E-state index >= 15 is 0 Å². The normalized spacial score (nSPS) is 17.5. The van der Waals surface area contributed by atoms with Gasteiger partial charge in [-0.15, -0.1) is 0 Å². The fourth-order valence-corrected chi connectivity index (χ4v) is 13.7. The fraction of sp³-hybridized carbons (Fsp3) is 0.143. The molecule has 71 heavy (non-hydrogen) atoms. The standard InChI is InChI=1S/C70H55N/c1-45-20-37-62-63-38-21-46(2)41-68(63)70(67(62)40-45)66-19-11-10-18-61(66)64-39-36-56(44-69(64)70)71(54-32-28-49(29-33-54)48-24-26-52(27-25-48)65-43-47-22-23-53(65)42-47)55-34-30-51(31-35-55)58-15-7-9-17-60(58)59-16-8-6-14-57(59)50-12-4-3-5-13-50/h3-21,24-41,44,47,53,65H,22-23,42-43H2,1-2H3. The summed E-state index contributed by atoms with van der Waals surface area (Å²) < 4.78 is 0. The summed E-state index contributed by atoms with van der Waals surface area (Å²) in [6.45, 7) is 4.48. The predicted octanol–water partition coefficient (Wildman–Crippen LogP) is 18.7. The predicted molar refractivity (Wildman–Crippen MR) is 297 cm³/mol. The molecule has 0 radical (unpaired) electrons. The van der Waals surface area contributed by atoms with E-state index < -0.39 is 5.41 Å². The van der Waals surface area contributed by atoms with Crippen LogP contribution in [0.25, 0.3) is 66.8 Å². The van der Waals surface area contributed by atoms with E-state index in [1.165, 1.54) is 131 Å². The molecule has 10 aromatic carbocycles. The molecule has 340 valence electrons. The first kappa shape index (κ1) is 41.9. The van der Waals surface area contributed by atoms with E-state index in [1.807, 2.05) is 0 Å². The van der Waals surface area contributed by atoms with Crippen LogP contribution in [0.15, 0.2) is 231 Å². The van der Waals surface area contributed by atoms with E-state index in [9.17, 15) is 0 Å². The van der Waals surface area contributed by atoms with Crippen LogP contribution in [0.1, 0.15) is 70.5 Å². The number of hydrogen-bond acceptors (Lipinski definition) is 1. The summed E-state index contributed by atoms with van der Waals surface area (Å²) in [5, 5.41) is 0. The lowest BCUT2D eigenvalue weighted by Gasteiger charge is -2.32. The molecular weight excluding hydrogens is 855 g/mol. The van der Waals surface area contributed by atoms with Gasteiger partial charge in [-0.2, -0.15) is 0 Å². The molecular formula is C70H55N. The number of hydrogen-bond donors (Lipinski definition) is 0. The van der Waals surface area contributed by atoms with E-state index in [2.05, 4.69) is 249 Å². The largest absolute Gasteiger partial charge is 0.310 e. The van der Waals surface area contributed by atoms with Crippen LogP contribution in [0.2, 0.25) is 0 Å². The third-order valence-electron chi connectivity index (χ3n) is 16.9. The summed E-state index contributed by atoms with van der Waals surface area (Å²) in [4.78, 5) is 2.47. The second kappa shape index (κ2) is 16.6. The second-order valence-electron chi connectivity index (χ2n) is 20.9. The van der Waals surface area contributed by atoms with Gasteiger partial charge < -0.3 is 4.90 Å². The summed E-state index contributed by atoms with van der Waals surface area (Å²) in [7, 11) is 0. The molecule has 0 amide bonds. The highest BCUT2D eigenvalue weighted by atomic mass is 15.1. The van der Waals surface area contributed by atoms with Gasteiger partial charge in [0.1, 0.15) is 0 Å². The van der Waals surface area contributed by atoms with Crippen LogP contribution in [0.4, 0.5) is 17.1 Å². The lowest BCUT2D eigenvalue weighted by atomic mass is 9.70. The maximum Gasteiger partial charge on any atom is 0.0726 e. The van der Waals surface area contributed by atoms with Gasteiger partial charge in [0.15, 0.2) is 0 Å². The zero-order valence-corrected chi connectivity index (χ0v) is 40.4. The summed E-state index contributed by atoms with van der Waals surface area (Å²) in [5.74, 6) is 2.56. The van der Waals surface area contributed by atoms with Gasteiger partial charge in [0, 0.05) is 17.1 Å². The molecule has 10 aromatic rings. The molecule has 0 heterocycles. The third kappa shape index (κ3) is 6.66. The van der Waals surface area contributed by atoms with Gasteiger partial charge in [-0.3, -0.25) is 0 Å². The van der Waals surface area contributed by atoms with E-state index in [-0.39, 0.29) is 0 Å². The number of benzene rings is 10. The summed E-state index contributed by atoms with van der Waals surface area (Å²) >= 11 is 0. The number of fused-ring (bicyclic) bond motifs is 12. The number of rotatable bonds is 8. The molecule has 3 unspecified atom stereocenters. The molecule has 1 nitrogen and oxygen atoms in total.